The van der Waals surface area contributed by atoms with Crippen LogP contribution in [-0.4, -0.2) is 26.4 Å². The first-order valence-corrected chi connectivity index (χ1v) is 13.8. The molecule has 0 radical (unpaired) electrons. The van der Waals surface area contributed by atoms with Crippen LogP contribution in [-0.2, 0) is 24.7 Å². The second-order valence-electron chi connectivity index (χ2n) is 8.64. The Morgan fingerprint density at radius 1 is 1.31 bits per heavy atom. The van der Waals surface area contributed by atoms with E-state index in [2.05, 4.69) is 21.6 Å². The fourth-order valence-corrected chi connectivity index (χ4v) is 6.41. The predicted molar refractivity (Wildman–Crippen MR) is 140 cm³/mol. The number of rotatable bonds is 7. The lowest BCUT2D eigenvalue weighted by Gasteiger charge is -2.16. The maximum Gasteiger partial charge on any atom is 0.235 e. The number of hydrogen-bond acceptors (Lipinski definition) is 7. The topological polar surface area (TPSA) is 92.8 Å². The number of benzene rings is 1. The van der Waals surface area contributed by atoms with Gasteiger partial charge in [0.25, 0.3) is 0 Å². The molecule has 2 aromatic heterocycles. The summed E-state index contributed by atoms with van der Waals surface area (Å²) in [6.45, 7) is 3.85. The van der Waals surface area contributed by atoms with Crippen molar-refractivity contribution in [2.45, 2.75) is 63.6 Å². The molecule has 1 N–H and O–H groups in total. The normalized spacial score (nSPS) is 14.4. The number of hydrogen-bond donors (Lipinski definition) is 1. The Balaban J connectivity index is 1.38. The second kappa shape index (κ2) is 11.5. The van der Waals surface area contributed by atoms with Gasteiger partial charge in [-0.05, 0) is 68.9 Å². The number of nitrogens with zero attached hydrogens (tertiary/aromatic N) is 4. The molecular weight excluding hydrogens is 502 g/mol. The van der Waals surface area contributed by atoms with E-state index < -0.39 is 0 Å². The summed E-state index contributed by atoms with van der Waals surface area (Å²) in [5, 5.41) is 23.2. The lowest BCUT2D eigenvalue weighted by Crippen LogP contribution is -2.15. The number of nitriles is 1. The van der Waals surface area contributed by atoms with Gasteiger partial charge >= 0.3 is 0 Å². The van der Waals surface area contributed by atoms with Gasteiger partial charge < -0.3 is 14.6 Å². The Kier molecular flexibility index (Phi) is 8.37. The minimum absolute atomic E-state index is 0.161. The summed E-state index contributed by atoms with van der Waals surface area (Å²) in [5.41, 5.74) is 2.70. The van der Waals surface area contributed by atoms with Gasteiger partial charge in [-0.15, -0.1) is 21.5 Å². The Morgan fingerprint density at radius 2 is 2.09 bits per heavy atom. The van der Waals surface area contributed by atoms with Crippen molar-refractivity contribution in [1.82, 2.24) is 14.8 Å². The second-order valence-corrected chi connectivity index (χ2v) is 11.1. The molecule has 0 spiro atoms. The van der Waals surface area contributed by atoms with Crippen molar-refractivity contribution in [3.8, 4) is 11.8 Å². The molecule has 4 rings (SSSR count). The van der Waals surface area contributed by atoms with Crippen LogP contribution in [0.1, 0.15) is 66.1 Å². The van der Waals surface area contributed by atoms with Crippen LogP contribution in [0.5, 0.6) is 5.75 Å². The molecule has 7 nitrogen and oxygen atoms in total. The van der Waals surface area contributed by atoms with E-state index in [4.69, 9.17) is 16.3 Å². The smallest absolute Gasteiger partial charge is 0.235 e. The molecule has 1 aliphatic carbocycles. The summed E-state index contributed by atoms with van der Waals surface area (Å²) in [4.78, 5) is 14.0. The van der Waals surface area contributed by atoms with Crippen molar-refractivity contribution >= 4 is 45.6 Å². The lowest BCUT2D eigenvalue weighted by atomic mass is 9.97. The molecule has 1 amide bonds. The fraction of sp³-hybridized carbons (Fsp3) is 0.440. The molecule has 0 saturated heterocycles. The zero-order chi connectivity index (χ0) is 24.9. The zero-order valence-electron chi connectivity index (χ0n) is 20.1. The van der Waals surface area contributed by atoms with Gasteiger partial charge in [0.05, 0.1) is 11.3 Å². The Hall–Kier alpha value is -2.54. The van der Waals surface area contributed by atoms with Crippen LogP contribution < -0.4 is 10.1 Å². The number of amides is 1. The first-order chi connectivity index (χ1) is 16.9. The van der Waals surface area contributed by atoms with Gasteiger partial charge in [-0.25, -0.2) is 0 Å². The highest BCUT2D eigenvalue weighted by Gasteiger charge is 2.22. The van der Waals surface area contributed by atoms with E-state index in [0.717, 1.165) is 42.6 Å². The molecular formula is C25H28ClN5O2S2. The van der Waals surface area contributed by atoms with Crippen LogP contribution in [0.2, 0.25) is 5.02 Å². The Labute approximate surface area is 218 Å². The predicted octanol–water partition coefficient (Wildman–Crippen LogP) is 6.24. The van der Waals surface area contributed by atoms with Crippen LogP contribution in [0.4, 0.5) is 5.00 Å². The van der Waals surface area contributed by atoms with E-state index in [0.29, 0.717) is 26.6 Å². The largest absolute Gasteiger partial charge is 0.482 e. The molecule has 0 bridgehead atoms. The highest BCUT2D eigenvalue weighted by molar-refractivity contribution is 7.99. The van der Waals surface area contributed by atoms with Gasteiger partial charge in [0, 0.05) is 16.9 Å². The molecule has 184 valence electrons. The molecule has 1 aliphatic rings. The Bertz CT molecular complexity index is 1260. The minimum Gasteiger partial charge on any atom is -0.482 e. The fourth-order valence-electron chi connectivity index (χ4n) is 4.21. The average Bonchev–Trinajstić information content (AvgIpc) is 3.33. The first-order valence-electron chi connectivity index (χ1n) is 11.7. The van der Waals surface area contributed by atoms with Crippen molar-refractivity contribution in [2.24, 2.45) is 7.05 Å². The highest BCUT2D eigenvalue weighted by atomic mass is 35.5. The van der Waals surface area contributed by atoms with Crippen molar-refractivity contribution < 1.29 is 9.53 Å². The summed E-state index contributed by atoms with van der Waals surface area (Å²) in [7, 11) is 1.86. The van der Waals surface area contributed by atoms with E-state index in [-0.39, 0.29) is 17.8 Å². The molecule has 1 aromatic carbocycles. The van der Waals surface area contributed by atoms with E-state index in [1.807, 2.05) is 37.6 Å². The lowest BCUT2D eigenvalue weighted by molar-refractivity contribution is -0.113. The number of anilines is 1. The number of carbonyl (C=O) groups is 1. The average molecular weight is 530 g/mol. The summed E-state index contributed by atoms with van der Waals surface area (Å²) in [6.07, 6.45) is 6.21. The first kappa shape index (κ1) is 25.5. The summed E-state index contributed by atoms with van der Waals surface area (Å²) in [6, 6.07) is 7.81. The number of thioether (sulfide) groups is 1. The van der Waals surface area contributed by atoms with Gasteiger partial charge in [0.1, 0.15) is 16.8 Å². The third-order valence-corrected chi connectivity index (χ3v) is 8.50. The van der Waals surface area contributed by atoms with Crippen molar-refractivity contribution in [3.05, 3.63) is 50.6 Å². The molecule has 10 heteroatoms. The molecule has 0 fully saturated rings. The van der Waals surface area contributed by atoms with Gasteiger partial charge in [-0.1, -0.05) is 36.2 Å². The summed E-state index contributed by atoms with van der Waals surface area (Å²) < 4.78 is 7.91. The van der Waals surface area contributed by atoms with Crippen LogP contribution in [0.15, 0.2) is 23.4 Å². The van der Waals surface area contributed by atoms with Crippen molar-refractivity contribution in [3.63, 3.8) is 0 Å². The summed E-state index contributed by atoms with van der Waals surface area (Å²) >= 11 is 8.89. The molecule has 1 unspecified atom stereocenters. The SMILES string of the molecule is Cc1cc(Cl)ccc1OC(C)c1nnc(SCC(=O)Nc2sc3c(c2C#N)CCCCCC3)n1C. The molecule has 0 aliphatic heterocycles. The van der Waals surface area contributed by atoms with Crippen LogP contribution in [0, 0.1) is 18.3 Å². The number of nitrogens with one attached hydrogen (secondary N) is 1. The molecule has 3 aromatic rings. The van der Waals surface area contributed by atoms with Gasteiger partial charge in [0.15, 0.2) is 17.1 Å². The molecule has 2 heterocycles. The minimum atomic E-state index is -0.334. The maximum absolute atomic E-state index is 12.7. The highest BCUT2D eigenvalue weighted by Crippen LogP contribution is 2.36. The number of thiophene rings is 1. The number of fused-ring (bicyclic) bond motifs is 1. The number of halogens is 1. The van der Waals surface area contributed by atoms with E-state index in [9.17, 15) is 10.1 Å². The number of carbonyl (C=O) groups excluding carboxylic acids is 1. The standard InChI is InChI=1S/C25H28ClN5O2S2/c1-15-12-17(26)10-11-20(15)33-16(2)23-29-30-25(31(23)3)34-14-22(32)28-24-19(13-27)18-8-6-4-5-7-9-21(18)35-24/h10-12,16H,4-9,14H2,1-3H3,(H,28,32). The zero-order valence-corrected chi connectivity index (χ0v) is 22.4. The molecule has 0 saturated carbocycles. The van der Waals surface area contributed by atoms with Crippen molar-refractivity contribution in [2.75, 3.05) is 11.1 Å². The third-order valence-electron chi connectivity index (χ3n) is 6.04. The van der Waals surface area contributed by atoms with Crippen molar-refractivity contribution in [1.29, 1.82) is 5.26 Å². The van der Waals surface area contributed by atoms with E-state index in [1.54, 1.807) is 17.4 Å². The molecule has 1 atom stereocenters. The van der Waals surface area contributed by atoms with Gasteiger partial charge in [-0.2, -0.15) is 5.26 Å². The Morgan fingerprint density at radius 3 is 2.83 bits per heavy atom. The molecule has 35 heavy (non-hydrogen) atoms. The summed E-state index contributed by atoms with van der Waals surface area (Å²) in [5.74, 6) is 1.40. The van der Waals surface area contributed by atoms with Gasteiger partial charge in [-0.3, -0.25) is 4.79 Å². The maximum atomic E-state index is 12.7. The quantitative estimate of drug-likeness (QED) is 0.364. The van der Waals surface area contributed by atoms with Gasteiger partial charge in [0.2, 0.25) is 5.91 Å². The van der Waals surface area contributed by atoms with Crippen LogP contribution in [0.3, 0.4) is 0 Å². The monoisotopic (exact) mass is 529 g/mol. The number of aromatic nitrogens is 3. The van der Waals surface area contributed by atoms with E-state index >= 15 is 0 Å². The van der Waals surface area contributed by atoms with Crippen LogP contribution >= 0.6 is 34.7 Å². The van der Waals surface area contributed by atoms with Crippen LogP contribution in [0.25, 0.3) is 0 Å². The number of ether oxygens (including phenoxy) is 1. The van der Waals surface area contributed by atoms with E-state index in [1.165, 1.54) is 29.5 Å². The third kappa shape index (κ3) is 6.00. The number of aryl methyl sites for hydroxylation is 2.